The number of carbonyl (C=O) groups excluding carboxylic acids is 3. The lowest BCUT2D eigenvalue weighted by Crippen LogP contribution is -2.43. The fourth-order valence-electron chi connectivity index (χ4n) is 4.59. The van der Waals surface area contributed by atoms with Crippen LogP contribution in [-0.4, -0.2) is 45.7 Å². The minimum Gasteiger partial charge on any atom is -0.497 e. The van der Waals surface area contributed by atoms with Crippen molar-refractivity contribution in [3.63, 3.8) is 0 Å². The van der Waals surface area contributed by atoms with Crippen LogP contribution in [0.25, 0.3) is 0 Å². The Kier molecular flexibility index (Phi) is 7.46. The van der Waals surface area contributed by atoms with Gasteiger partial charge in [0.05, 0.1) is 39.4 Å². The molecule has 3 rings (SSSR count). The number of rotatable bonds is 7. The Morgan fingerprint density at radius 1 is 1.15 bits per heavy atom. The van der Waals surface area contributed by atoms with Crippen LogP contribution in [0.4, 0.5) is 0 Å². The number of Topliss-reactive ketones (excluding diaryl/α,β-unsaturated/α-hetero) is 1. The Morgan fingerprint density at radius 2 is 1.88 bits per heavy atom. The van der Waals surface area contributed by atoms with E-state index in [1.165, 1.54) is 14.2 Å². The van der Waals surface area contributed by atoms with E-state index in [0.717, 1.165) is 0 Å². The summed E-state index contributed by atoms with van der Waals surface area (Å²) in [5.74, 6) is -2.39. The highest BCUT2D eigenvalue weighted by atomic mass is 16.5. The van der Waals surface area contributed by atoms with Crippen molar-refractivity contribution in [2.45, 2.75) is 39.5 Å². The minimum atomic E-state index is -0.950. The lowest BCUT2D eigenvalue weighted by atomic mass is 9.69. The summed E-state index contributed by atoms with van der Waals surface area (Å²) in [5.41, 5.74) is 2.59. The maximum absolute atomic E-state index is 13.7. The van der Waals surface area contributed by atoms with Gasteiger partial charge in [0.15, 0.2) is 5.78 Å². The van der Waals surface area contributed by atoms with E-state index in [1.54, 1.807) is 32.2 Å². The molecule has 0 aromatic heterocycles. The van der Waals surface area contributed by atoms with E-state index in [-0.39, 0.29) is 18.3 Å². The molecule has 3 atom stereocenters. The number of nitrogens with one attached hydrogen (secondary N) is 1. The Bertz CT molecular complexity index is 1020. The zero-order chi connectivity index (χ0) is 24.3. The predicted octanol–water partition coefficient (Wildman–Crippen LogP) is 3.27. The summed E-state index contributed by atoms with van der Waals surface area (Å²) >= 11 is 0. The SMILES string of the molecule is CCCOC(=O)C1=C(C)NC2=C(C(=O)[C@H](C(=O)OC)[C@H](C)C2)[C@@H]1c1ccc(OC)cc1OC. The van der Waals surface area contributed by atoms with Crippen LogP contribution >= 0.6 is 0 Å². The molecule has 0 radical (unpaired) electrons. The highest BCUT2D eigenvalue weighted by Crippen LogP contribution is 2.48. The third kappa shape index (κ3) is 4.47. The van der Waals surface area contributed by atoms with Crippen molar-refractivity contribution in [1.82, 2.24) is 5.32 Å². The Labute approximate surface area is 193 Å². The number of allylic oxidation sites excluding steroid dienone is 3. The number of benzene rings is 1. The van der Waals surface area contributed by atoms with Gasteiger partial charge in [-0.1, -0.05) is 19.9 Å². The topological polar surface area (TPSA) is 100 Å². The summed E-state index contributed by atoms with van der Waals surface area (Å²) in [6, 6.07) is 5.23. The smallest absolute Gasteiger partial charge is 0.336 e. The fourth-order valence-corrected chi connectivity index (χ4v) is 4.59. The van der Waals surface area contributed by atoms with Crippen molar-refractivity contribution >= 4 is 17.7 Å². The number of dihydropyridines is 1. The van der Waals surface area contributed by atoms with Crippen LogP contribution < -0.4 is 14.8 Å². The lowest BCUT2D eigenvalue weighted by molar-refractivity contribution is -0.151. The first kappa shape index (κ1) is 24.4. The molecule has 1 aliphatic heterocycles. The van der Waals surface area contributed by atoms with Gasteiger partial charge in [-0.2, -0.15) is 0 Å². The Morgan fingerprint density at radius 3 is 2.48 bits per heavy atom. The molecule has 1 aromatic carbocycles. The highest BCUT2D eigenvalue weighted by molar-refractivity contribution is 6.12. The Balaban J connectivity index is 2.23. The molecule has 0 amide bonds. The van der Waals surface area contributed by atoms with Crippen LogP contribution in [0, 0.1) is 11.8 Å². The van der Waals surface area contributed by atoms with E-state index in [0.29, 0.717) is 52.4 Å². The molecule has 1 heterocycles. The maximum atomic E-state index is 13.7. The first-order valence-corrected chi connectivity index (χ1v) is 11.0. The van der Waals surface area contributed by atoms with Gasteiger partial charge in [-0.3, -0.25) is 9.59 Å². The van der Waals surface area contributed by atoms with Gasteiger partial charge in [-0.05, 0) is 31.7 Å². The number of ether oxygens (including phenoxy) is 4. The largest absolute Gasteiger partial charge is 0.497 e. The van der Waals surface area contributed by atoms with Crippen molar-refractivity contribution in [2.24, 2.45) is 11.8 Å². The summed E-state index contributed by atoms with van der Waals surface area (Å²) in [6.45, 7) is 5.80. The zero-order valence-electron chi connectivity index (χ0n) is 19.9. The average molecular weight is 458 g/mol. The van der Waals surface area contributed by atoms with E-state index in [2.05, 4.69) is 5.32 Å². The van der Waals surface area contributed by atoms with Gasteiger partial charge >= 0.3 is 11.9 Å². The summed E-state index contributed by atoms with van der Waals surface area (Å²) in [4.78, 5) is 39.4. The predicted molar refractivity (Wildman–Crippen MR) is 121 cm³/mol. The Hall–Kier alpha value is -3.29. The number of carbonyl (C=O) groups is 3. The molecule has 1 aromatic rings. The van der Waals surface area contributed by atoms with Gasteiger partial charge in [0.25, 0.3) is 0 Å². The number of methoxy groups -OCH3 is 3. The fraction of sp³-hybridized carbons (Fsp3) is 0.480. The molecule has 1 aliphatic carbocycles. The van der Waals surface area contributed by atoms with Gasteiger partial charge in [-0.15, -0.1) is 0 Å². The molecular weight excluding hydrogens is 426 g/mol. The average Bonchev–Trinajstić information content (AvgIpc) is 2.80. The second-order valence-corrected chi connectivity index (χ2v) is 8.28. The maximum Gasteiger partial charge on any atom is 0.336 e. The molecule has 2 aliphatic rings. The molecule has 8 nitrogen and oxygen atoms in total. The van der Waals surface area contributed by atoms with Gasteiger partial charge in [0.2, 0.25) is 0 Å². The number of esters is 2. The first-order valence-electron chi connectivity index (χ1n) is 11.0. The molecule has 0 unspecified atom stereocenters. The van der Waals surface area contributed by atoms with Crippen LogP contribution in [-0.2, 0) is 23.9 Å². The summed E-state index contributed by atoms with van der Waals surface area (Å²) in [6.07, 6.45) is 1.13. The van der Waals surface area contributed by atoms with Crippen molar-refractivity contribution in [3.05, 3.63) is 46.3 Å². The van der Waals surface area contributed by atoms with E-state index in [9.17, 15) is 14.4 Å². The molecule has 8 heteroatoms. The quantitative estimate of drug-likeness (QED) is 0.492. The van der Waals surface area contributed by atoms with Gasteiger partial charge in [0.1, 0.15) is 17.4 Å². The molecule has 0 saturated heterocycles. The number of hydrogen-bond acceptors (Lipinski definition) is 8. The molecule has 178 valence electrons. The van der Waals surface area contributed by atoms with Gasteiger partial charge in [-0.25, -0.2) is 4.79 Å². The van der Waals surface area contributed by atoms with E-state index in [1.807, 2.05) is 13.8 Å². The molecule has 0 saturated carbocycles. The number of ketones is 1. The second-order valence-electron chi connectivity index (χ2n) is 8.28. The van der Waals surface area contributed by atoms with E-state index >= 15 is 0 Å². The van der Waals surface area contributed by atoms with E-state index < -0.39 is 23.8 Å². The van der Waals surface area contributed by atoms with Gasteiger partial charge in [0, 0.05) is 28.6 Å². The van der Waals surface area contributed by atoms with Crippen LogP contribution in [0.3, 0.4) is 0 Å². The van der Waals surface area contributed by atoms with Crippen molar-refractivity contribution in [3.8, 4) is 11.5 Å². The monoisotopic (exact) mass is 457 g/mol. The van der Waals surface area contributed by atoms with Crippen LogP contribution in [0.5, 0.6) is 11.5 Å². The van der Waals surface area contributed by atoms with E-state index in [4.69, 9.17) is 18.9 Å². The van der Waals surface area contributed by atoms with Crippen LogP contribution in [0.15, 0.2) is 40.7 Å². The lowest BCUT2D eigenvalue weighted by Gasteiger charge is -2.38. The molecule has 1 N–H and O–H groups in total. The van der Waals surface area contributed by atoms with Gasteiger partial charge < -0.3 is 24.3 Å². The van der Waals surface area contributed by atoms with Crippen molar-refractivity contribution < 1.29 is 33.3 Å². The number of hydrogen-bond donors (Lipinski definition) is 1. The van der Waals surface area contributed by atoms with Crippen molar-refractivity contribution in [2.75, 3.05) is 27.9 Å². The molecule has 0 spiro atoms. The standard InChI is InChI=1S/C25H31NO7/c1-7-10-33-25(29)20-14(3)26-17-11-13(2)19(24(28)32-6)23(27)22(17)21(20)16-9-8-15(30-4)12-18(16)31-5/h8-9,12-13,19,21,26H,7,10-11H2,1-6H3/t13-,19-,21-/m1/s1. The highest BCUT2D eigenvalue weighted by Gasteiger charge is 2.47. The summed E-state index contributed by atoms with van der Waals surface area (Å²) in [5, 5.41) is 3.24. The second kappa shape index (κ2) is 10.1. The molecular formula is C25H31NO7. The third-order valence-corrected chi connectivity index (χ3v) is 6.15. The van der Waals surface area contributed by atoms with Crippen LogP contribution in [0.1, 0.15) is 45.1 Å². The summed E-state index contributed by atoms with van der Waals surface area (Å²) in [7, 11) is 4.33. The normalized spacial score (nSPS) is 22.4. The van der Waals surface area contributed by atoms with Crippen molar-refractivity contribution in [1.29, 1.82) is 0 Å². The molecule has 33 heavy (non-hydrogen) atoms. The molecule has 0 fully saturated rings. The molecule has 0 bridgehead atoms. The zero-order valence-corrected chi connectivity index (χ0v) is 19.9. The van der Waals surface area contributed by atoms with Crippen LogP contribution in [0.2, 0.25) is 0 Å². The first-order chi connectivity index (χ1) is 15.8. The third-order valence-electron chi connectivity index (χ3n) is 6.15. The minimum absolute atomic E-state index is 0.254. The summed E-state index contributed by atoms with van der Waals surface area (Å²) < 4.78 is 21.3.